The first kappa shape index (κ1) is 15.9. The molecule has 124 valence electrons. The van der Waals surface area contributed by atoms with E-state index in [1.165, 1.54) is 0 Å². The summed E-state index contributed by atoms with van der Waals surface area (Å²) < 4.78 is 6.88. The molecule has 7 heteroatoms. The third kappa shape index (κ3) is 3.51. The number of benzene rings is 1. The van der Waals surface area contributed by atoms with Crippen LogP contribution in [0.25, 0.3) is 16.9 Å². The van der Waals surface area contributed by atoms with Gasteiger partial charge in [0.1, 0.15) is 17.1 Å². The van der Waals surface area contributed by atoms with Gasteiger partial charge in [-0.25, -0.2) is 19.3 Å². The number of ether oxygens (including phenoxy) is 1. The largest absolute Gasteiger partial charge is 0.444 e. The monoisotopic (exact) mass is 325 g/mol. The molecular weight excluding hydrogens is 306 g/mol. The van der Waals surface area contributed by atoms with E-state index in [0.717, 1.165) is 5.56 Å². The molecule has 1 aromatic carbocycles. The molecule has 0 aliphatic rings. The van der Waals surface area contributed by atoms with Gasteiger partial charge in [-0.15, -0.1) is 0 Å². The molecule has 7 nitrogen and oxygen atoms in total. The van der Waals surface area contributed by atoms with Gasteiger partial charge < -0.3 is 4.74 Å². The predicted molar refractivity (Wildman–Crippen MR) is 90.8 cm³/mol. The number of carbonyl (C=O) groups excluding carboxylic acids is 1. The summed E-state index contributed by atoms with van der Waals surface area (Å²) in [5.74, 6) is 0.976. The first-order chi connectivity index (χ1) is 11.3. The van der Waals surface area contributed by atoms with Crippen molar-refractivity contribution in [1.29, 1.82) is 0 Å². The fourth-order valence-electron chi connectivity index (χ4n) is 2.25. The summed E-state index contributed by atoms with van der Waals surface area (Å²) in [5, 5.41) is 6.96. The van der Waals surface area contributed by atoms with Crippen molar-refractivity contribution < 1.29 is 9.53 Å². The van der Waals surface area contributed by atoms with Crippen LogP contribution in [0.1, 0.15) is 26.6 Å². The number of aryl methyl sites for hydroxylation is 1. The molecule has 0 radical (unpaired) electrons. The molecule has 3 aromatic rings. The van der Waals surface area contributed by atoms with E-state index in [0.29, 0.717) is 23.0 Å². The van der Waals surface area contributed by atoms with Crippen LogP contribution in [0.5, 0.6) is 0 Å². The fourth-order valence-corrected chi connectivity index (χ4v) is 2.25. The van der Waals surface area contributed by atoms with Crippen LogP contribution in [0.15, 0.2) is 36.5 Å². The predicted octanol–water partition coefficient (Wildman–Crippen LogP) is 3.45. The van der Waals surface area contributed by atoms with Gasteiger partial charge in [0.15, 0.2) is 11.5 Å². The lowest BCUT2D eigenvalue weighted by Gasteiger charge is -2.19. The van der Waals surface area contributed by atoms with Crippen LogP contribution < -0.4 is 5.32 Å². The zero-order chi connectivity index (χ0) is 17.3. The van der Waals surface area contributed by atoms with Gasteiger partial charge in [0.05, 0.1) is 6.20 Å². The van der Waals surface area contributed by atoms with Crippen molar-refractivity contribution in [2.24, 2.45) is 0 Å². The van der Waals surface area contributed by atoms with E-state index in [1.54, 1.807) is 31.5 Å². The topological polar surface area (TPSA) is 81.4 Å². The van der Waals surface area contributed by atoms with Gasteiger partial charge in [-0.2, -0.15) is 5.10 Å². The SMILES string of the molecule is Cc1nc2c(-c3ccccc3)nc(NC(=O)OC(C)(C)C)cn2n1. The maximum Gasteiger partial charge on any atom is 0.413 e. The van der Waals surface area contributed by atoms with E-state index in [2.05, 4.69) is 20.4 Å². The molecule has 3 rings (SSSR count). The molecule has 0 saturated heterocycles. The molecule has 0 aliphatic carbocycles. The third-order valence-electron chi connectivity index (χ3n) is 3.10. The van der Waals surface area contributed by atoms with Gasteiger partial charge in [0.2, 0.25) is 0 Å². The number of carbonyl (C=O) groups is 1. The van der Waals surface area contributed by atoms with E-state index in [9.17, 15) is 4.79 Å². The summed E-state index contributed by atoms with van der Waals surface area (Å²) in [6.07, 6.45) is 1.05. The molecule has 1 amide bonds. The van der Waals surface area contributed by atoms with Crippen LogP contribution in [0.4, 0.5) is 10.6 Å². The minimum atomic E-state index is -0.583. The van der Waals surface area contributed by atoms with E-state index in [1.807, 2.05) is 37.3 Å². The second-order valence-electron chi connectivity index (χ2n) is 6.39. The van der Waals surface area contributed by atoms with Crippen LogP contribution in [0.3, 0.4) is 0 Å². The average Bonchev–Trinajstić information content (AvgIpc) is 2.85. The second kappa shape index (κ2) is 5.92. The Labute approximate surface area is 139 Å². The Morgan fingerprint density at radius 2 is 1.88 bits per heavy atom. The minimum absolute atomic E-state index is 0.348. The second-order valence-corrected chi connectivity index (χ2v) is 6.39. The molecule has 0 unspecified atom stereocenters. The highest BCUT2D eigenvalue weighted by molar-refractivity contribution is 5.85. The van der Waals surface area contributed by atoms with Crippen molar-refractivity contribution in [3.8, 4) is 11.3 Å². The Balaban J connectivity index is 2.03. The van der Waals surface area contributed by atoms with E-state index < -0.39 is 11.7 Å². The molecule has 0 atom stereocenters. The summed E-state index contributed by atoms with van der Waals surface area (Å²) in [6, 6.07) is 9.64. The number of hydrogen-bond acceptors (Lipinski definition) is 5. The molecule has 0 spiro atoms. The summed E-state index contributed by atoms with van der Waals surface area (Å²) in [4.78, 5) is 20.9. The van der Waals surface area contributed by atoms with Gasteiger partial charge in [-0.1, -0.05) is 30.3 Å². The molecule has 0 aliphatic heterocycles. The Morgan fingerprint density at radius 1 is 1.17 bits per heavy atom. The van der Waals surface area contributed by atoms with Crippen LogP contribution >= 0.6 is 0 Å². The summed E-state index contributed by atoms with van der Waals surface area (Å²) in [7, 11) is 0. The van der Waals surface area contributed by atoms with Gasteiger partial charge in [-0.3, -0.25) is 5.32 Å². The first-order valence-corrected chi connectivity index (χ1v) is 7.61. The fraction of sp³-hybridized carbons (Fsp3) is 0.294. The molecule has 1 N–H and O–H groups in total. The maximum absolute atomic E-state index is 12.0. The van der Waals surface area contributed by atoms with E-state index in [-0.39, 0.29) is 0 Å². The number of nitrogens with zero attached hydrogens (tertiary/aromatic N) is 4. The highest BCUT2D eigenvalue weighted by Gasteiger charge is 2.18. The number of fused-ring (bicyclic) bond motifs is 1. The smallest absolute Gasteiger partial charge is 0.413 e. The molecule has 0 bridgehead atoms. The number of anilines is 1. The van der Waals surface area contributed by atoms with Crippen LogP contribution in [-0.2, 0) is 4.74 Å². The molecule has 0 saturated carbocycles. The van der Waals surface area contributed by atoms with Crippen molar-refractivity contribution in [3.63, 3.8) is 0 Å². The lowest BCUT2D eigenvalue weighted by atomic mass is 10.1. The molecule has 24 heavy (non-hydrogen) atoms. The number of rotatable bonds is 2. The Morgan fingerprint density at radius 3 is 2.54 bits per heavy atom. The summed E-state index contributed by atoms with van der Waals surface area (Å²) in [6.45, 7) is 7.22. The average molecular weight is 325 g/mol. The zero-order valence-electron chi connectivity index (χ0n) is 14.1. The number of aromatic nitrogens is 4. The lowest BCUT2D eigenvalue weighted by molar-refractivity contribution is 0.0635. The number of nitrogens with one attached hydrogen (secondary N) is 1. The molecule has 2 aromatic heterocycles. The van der Waals surface area contributed by atoms with Crippen LogP contribution in [0.2, 0.25) is 0 Å². The van der Waals surface area contributed by atoms with E-state index in [4.69, 9.17) is 4.74 Å². The van der Waals surface area contributed by atoms with Crippen LogP contribution in [0, 0.1) is 6.92 Å². The Bertz CT molecular complexity index is 881. The van der Waals surface area contributed by atoms with Crippen molar-refractivity contribution in [2.75, 3.05) is 5.32 Å². The highest BCUT2D eigenvalue weighted by Crippen LogP contribution is 2.23. The van der Waals surface area contributed by atoms with E-state index >= 15 is 0 Å². The Kier molecular flexibility index (Phi) is 3.92. The first-order valence-electron chi connectivity index (χ1n) is 7.61. The quantitative estimate of drug-likeness (QED) is 0.780. The molecule has 2 heterocycles. The lowest BCUT2D eigenvalue weighted by Crippen LogP contribution is -2.27. The van der Waals surface area contributed by atoms with Gasteiger partial charge in [-0.05, 0) is 27.7 Å². The number of hydrogen-bond donors (Lipinski definition) is 1. The normalized spacial score (nSPS) is 11.5. The maximum atomic E-state index is 12.0. The van der Waals surface area contributed by atoms with Gasteiger partial charge in [0, 0.05) is 5.56 Å². The summed E-state index contributed by atoms with van der Waals surface area (Å²) in [5.41, 5.74) is 1.58. The molecule has 0 fully saturated rings. The van der Waals surface area contributed by atoms with Crippen molar-refractivity contribution >= 4 is 17.6 Å². The minimum Gasteiger partial charge on any atom is -0.444 e. The van der Waals surface area contributed by atoms with Crippen LogP contribution in [-0.4, -0.2) is 31.3 Å². The van der Waals surface area contributed by atoms with Gasteiger partial charge >= 0.3 is 6.09 Å². The summed E-state index contributed by atoms with van der Waals surface area (Å²) >= 11 is 0. The van der Waals surface area contributed by atoms with Crippen molar-refractivity contribution in [1.82, 2.24) is 19.6 Å². The zero-order valence-corrected chi connectivity index (χ0v) is 14.1. The molecular formula is C17H19N5O2. The highest BCUT2D eigenvalue weighted by atomic mass is 16.6. The Hall–Kier alpha value is -2.96. The number of amides is 1. The van der Waals surface area contributed by atoms with Gasteiger partial charge in [0.25, 0.3) is 0 Å². The third-order valence-corrected chi connectivity index (χ3v) is 3.10. The van der Waals surface area contributed by atoms with Crippen molar-refractivity contribution in [3.05, 3.63) is 42.4 Å². The standard InChI is InChI=1S/C17H19N5O2/c1-11-18-15-14(12-8-6-5-7-9-12)19-13(10-22(15)21-11)20-16(23)24-17(2,3)4/h5-10H,1-4H3,(H,20,23). The van der Waals surface area contributed by atoms with Crippen molar-refractivity contribution in [2.45, 2.75) is 33.3 Å².